The largest absolute Gasteiger partial charge is 0.480 e. The molecule has 0 radical (unpaired) electrons. The summed E-state index contributed by atoms with van der Waals surface area (Å²) in [6.45, 7) is 8.26. The highest BCUT2D eigenvalue weighted by Gasteiger charge is 2.32. The molecule has 0 bridgehead atoms. The van der Waals surface area contributed by atoms with Crippen molar-refractivity contribution < 1.29 is 14.7 Å². The van der Waals surface area contributed by atoms with Crippen LogP contribution < -0.4 is 10.6 Å². The van der Waals surface area contributed by atoms with Gasteiger partial charge in [0.25, 0.3) is 0 Å². The highest BCUT2D eigenvalue weighted by Crippen LogP contribution is 2.19. The smallest absolute Gasteiger partial charge is 0.326 e. The van der Waals surface area contributed by atoms with E-state index in [0.717, 1.165) is 13.0 Å². The number of amides is 1. The van der Waals surface area contributed by atoms with Crippen LogP contribution in [-0.2, 0) is 9.59 Å². The molecule has 0 fully saturated rings. The second-order valence-corrected chi connectivity index (χ2v) is 4.88. The first-order chi connectivity index (χ1) is 7.29. The van der Waals surface area contributed by atoms with Gasteiger partial charge in [-0.2, -0.15) is 0 Å². The van der Waals surface area contributed by atoms with Gasteiger partial charge in [-0.1, -0.05) is 27.7 Å². The van der Waals surface area contributed by atoms with Crippen molar-refractivity contribution in [3.05, 3.63) is 0 Å². The average Bonchev–Trinajstić information content (AvgIpc) is 2.12. The van der Waals surface area contributed by atoms with E-state index in [0.29, 0.717) is 0 Å². The Kier molecular flexibility index (Phi) is 6.03. The number of carboxylic acid groups (broad SMARTS) is 1. The number of hydrogen-bond acceptors (Lipinski definition) is 3. The van der Waals surface area contributed by atoms with E-state index in [1.807, 2.05) is 6.92 Å². The lowest BCUT2D eigenvalue weighted by Gasteiger charge is -2.27. The predicted octanol–water partition coefficient (Wildman–Crippen LogP) is 0.601. The van der Waals surface area contributed by atoms with Gasteiger partial charge in [-0.15, -0.1) is 0 Å². The van der Waals surface area contributed by atoms with Crippen LogP contribution >= 0.6 is 0 Å². The standard InChI is InChI=1S/C11H22N2O3/c1-5-6-12-7-8(14)13-9(10(15)16)11(2,3)4/h9,12H,5-7H2,1-4H3,(H,13,14)(H,15,16)/t9-/m0/s1. The molecule has 0 aromatic heterocycles. The summed E-state index contributed by atoms with van der Waals surface area (Å²) >= 11 is 0. The number of rotatable bonds is 6. The van der Waals surface area contributed by atoms with Gasteiger partial charge in [0.05, 0.1) is 6.54 Å². The molecule has 0 saturated heterocycles. The molecule has 0 rings (SSSR count). The van der Waals surface area contributed by atoms with E-state index in [9.17, 15) is 9.59 Å². The van der Waals surface area contributed by atoms with E-state index < -0.39 is 17.4 Å². The van der Waals surface area contributed by atoms with Crippen LogP contribution in [0.3, 0.4) is 0 Å². The molecule has 5 nitrogen and oxygen atoms in total. The Balaban J connectivity index is 4.21. The van der Waals surface area contributed by atoms with Gasteiger partial charge in [-0.3, -0.25) is 4.79 Å². The quantitative estimate of drug-likeness (QED) is 0.584. The van der Waals surface area contributed by atoms with Crippen molar-refractivity contribution in [3.63, 3.8) is 0 Å². The van der Waals surface area contributed by atoms with Crippen molar-refractivity contribution in [2.75, 3.05) is 13.1 Å². The maximum Gasteiger partial charge on any atom is 0.326 e. The van der Waals surface area contributed by atoms with Gasteiger partial charge in [0.1, 0.15) is 6.04 Å². The van der Waals surface area contributed by atoms with E-state index in [1.165, 1.54) is 0 Å². The summed E-state index contributed by atoms with van der Waals surface area (Å²) in [5, 5.41) is 14.4. The van der Waals surface area contributed by atoms with E-state index in [2.05, 4.69) is 10.6 Å². The topological polar surface area (TPSA) is 78.4 Å². The molecule has 0 saturated carbocycles. The van der Waals surface area contributed by atoms with Crippen molar-refractivity contribution in [1.82, 2.24) is 10.6 Å². The van der Waals surface area contributed by atoms with E-state index in [-0.39, 0.29) is 12.5 Å². The summed E-state index contributed by atoms with van der Waals surface area (Å²) in [5.41, 5.74) is -0.494. The summed E-state index contributed by atoms with van der Waals surface area (Å²) in [6.07, 6.45) is 0.939. The highest BCUT2D eigenvalue weighted by molar-refractivity contribution is 5.85. The molecule has 16 heavy (non-hydrogen) atoms. The number of carboxylic acids is 1. The van der Waals surface area contributed by atoms with Crippen LogP contribution in [0.1, 0.15) is 34.1 Å². The fourth-order valence-corrected chi connectivity index (χ4v) is 1.24. The lowest BCUT2D eigenvalue weighted by molar-refractivity contribution is -0.144. The number of carbonyl (C=O) groups excluding carboxylic acids is 1. The second-order valence-electron chi connectivity index (χ2n) is 4.88. The first-order valence-corrected chi connectivity index (χ1v) is 5.52. The summed E-state index contributed by atoms with van der Waals surface area (Å²) in [5.74, 6) is -1.29. The monoisotopic (exact) mass is 230 g/mol. The van der Waals surface area contributed by atoms with Gasteiger partial charge >= 0.3 is 5.97 Å². The van der Waals surface area contributed by atoms with Crippen molar-refractivity contribution in [3.8, 4) is 0 Å². The molecule has 94 valence electrons. The molecule has 0 aromatic carbocycles. The molecule has 5 heteroatoms. The molecule has 1 amide bonds. The maximum absolute atomic E-state index is 11.4. The lowest BCUT2D eigenvalue weighted by atomic mass is 9.87. The molecule has 0 aliphatic carbocycles. The third kappa shape index (κ3) is 5.70. The van der Waals surface area contributed by atoms with Crippen LogP contribution in [0.25, 0.3) is 0 Å². The first-order valence-electron chi connectivity index (χ1n) is 5.52. The minimum atomic E-state index is -1.00. The van der Waals surface area contributed by atoms with Crippen molar-refractivity contribution >= 4 is 11.9 Å². The summed E-state index contributed by atoms with van der Waals surface area (Å²) in [4.78, 5) is 22.4. The molecule has 0 unspecified atom stereocenters. The third-order valence-corrected chi connectivity index (χ3v) is 2.13. The van der Waals surface area contributed by atoms with Crippen LogP contribution in [0.15, 0.2) is 0 Å². The molecular formula is C11H22N2O3. The zero-order chi connectivity index (χ0) is 12.8. The van der Waals surface area contributed by atoms with Crippen LogP contribution in [0.4, 0.5) is 0 Å². The van der Waals surface area contributed by atoms with Gasteiger partial charge in [0.2, 0.25) is 5.91 Å². The fraction of sp³-hybridized carbons (Fsp3) is 0.818. The van der Waals surface area contributed by atoms with Crippen LogP contribution in [0.2, 0.25) is 0 Å². The molecule has 0 heterocycles. The normalized spacial score (nSPS) is 13.2. The Hall–Kier alpha value is -1.10. The van der Waals surface area contributed by atoms with Crippen LogP contribution in [0.5, 0.6) is 0 Å². The fourth-order valence-electron chi connectivity index (χ4n) is 1.24. The van der Waals surface area contributed by atoms with Gasteiger partial charge in [0, 0.05) is 0 Å². The van der Waals surface area contributed by atoms with Crippen molar-refractivity contribution in [1.29, 1.82) is 0 Å². The minimum Gasteiger partial charge on any atom is -0.480 e. The van der Waals surface area contributed by atoms with Crippen LogP contribution in [0, 0.1) is 5.41 Å². The second kappa shape index (κ2) is 6.48. The SMILES string of the molecule is CCCNCC(=O)N[C@@H](C(=O)O)C(C)(C)C. The average molecular weight is 230 g/mol. The zero-order valence-electron chi connectivity index (χ0n) is 10.5. The molecule has 0 aliphatic heterocycles. The number of aliphatic carboxylic acids is 1. The Morgan fingerprint density at radius 3 is 2.25 bits per heavy atom. The minimum absolute atomic E-state index is 0.160. The maximum atomic E-state index is 11.4. The molecule has 0 spiro atoms. The summed E-state index contributed by atoms with van der Waals surface area (Å²) in [7, 11) is 0. The lowest BCUT2D eigenvalue weighted by Crippen LogP contribution is -2.51. The molecule has 3 N–H and O–H groups in total. The highest BCUT2D eigenvalue weighted by atomic mass is 16.4. The predicted molar refractivity (Wildman–Crippen MR) is 62.2 cm³/mol. The number of nitrogens with one attached hydrogen (secondary N) is 2. The van der Waals surface area contributed by atoms with E-state index in [4.69, 9.17) is 5.11 Å². The van der Waals surface area contributed by atoms with Crippen molar-refractivity contribution in [2.24, 2.45) is 5.41 Å². The van der Waals surface area contributed by atoms with Crippen molar-refractivity contribution in [2.45, 2.75) is 40.2 Å². The van der Waals surface area contributed by atoms with Gasteiger partial charge in [-0.05, 0) is 18.4 Å². The zero-order valence-corrected chi connectivity index (χ0v) is 10.5. The molecule has 0 aliphatic rings. The number of hydrogen-bond donors (Lipinski definition) is 3. The molecule has 0 aromatic rings. The van der Waals surface area contributed by atoms with Crippen LogP contribution in [-0.4, -0.2) is 36.1 Å². The molecule has 1 atom stereocenters. The van der Waals surface area contributed by atoms with E-state index >= 15 is 0 Å². The van der Waals surface area contributed by atoms with E-state index in [1.54, 1.807) is 20.8 Å². The Morgan fingerprint density at radius 1 is 1.31 bits per heavy atom. The van der Waals surface area contributed by atoms with Gasteiger partial charge in [-0.25, -0.2) is 4.79 Å². The Labute approximate surface area is 96.6 Å². The summed E-state index contributed by atoms with van der Waals surface area (Å²) in [6, 6.07) is -0.858. The Bertz CT molecular complexity index is 246. The first kappa shape index (κ1) is 14.9. The van der Waals surface area contributed by atoms with Gasteiger partial charge in [0.15, 0.2) is 0 Å². The summed E-state index contributed by atoms with van der Waals surface area (Å²) < 4.78 is 0. The third-order valence-electron chi connectivity index (χ3n) is 2.13. The molecular weight excluding hydrogens is 208 g/mol. The Morgan fingerprint density at radius 2 is 1.88 bits per heavy atom. The van der Waals surface area contributed by atoms with Gasteiger partial charge < -0.3 is 15.7 Å². The number of carbonyl (C=O) groups is 2.